The lowest BCUT2D eigenvalue weighted by Gasteiger charge is -2.33. The molecule has 0 fully saturated rings. The molecule has 2 aromatic rings. The first-order valence-corrected chi connectivity index (χ1v) is 14.6. The highest BCUT2D eigenvalue weighted by Crippen LogP contribution is 2.23. The molecule has 0 radical (unpaired) electrons. The summed E-state index contributed by atoms with van der Waals surface area (Å²) in [7, 11) is -2.19. The molecule has 204 valence electrons. The van der Waals surface area contributed by atoms with Crippen molar-refractivity contribution in [3.63, 3.8) is 0 Å². The number of benzene rings is 2. The van der Waals surface area contributed by atoms with Gasteiger partial charge >= 0.3 is 0 Å². The second-order valence-corrected chi connectivity index (χ2v) is 11.5. The van der Waals surface area contributed by atoms with Gasteiger partial charge in [-0.15, -0.1) is 0 Å². The Morgan fingerprint density at radius 2 is 1.54 bits per heavy atom. The van der Waals surface area contributed by atoms with E-state index >= 15 is 0 Å². The molecule has 0 bridgehead atoms. The van der Waals surface area contributed by atoms with Crippen LogP contribution in [0.3, 0.4) is 0 Å². The van der Waals surface area contributed by atoms with Gasteiger partial charge in [-0.05, 0) is 61.1 Å². The average Bonchev–Trinajstić information content (AvgIpc) is 2.86. The number of hydrogen-bond donors (Lipinski definition) is 1. The number of amides is 2. The van der Waals surface area contributed by atoms with Gasteiger partial charge in [0.2, 0.25) is 21.8 Å². The lowest BCUT2D eigenvalue weighted by atomic mass is 10.0. The van der Waals surface area contributed by atoms with Gasteiger partial charge in [0.05, 0.1) is 19.1 Å². The molecule has 0 spiro atoms. The Hall–Kier alpha value is -3.07. The van der Waals surface area contributed by atoms with Crippen LogP contribution in [-0.4, -0.2) is 57.1 Å². The molecule has 8 nitrogen and oxygen atoms in total. The van der Waals surface area contributed by atoms with Crippen LogP contribution in [0.15, 0.2) is 48.5 Å². The Balaban J connectivity index is 2.43. The largest absolute Gasteiger partial charge is 0.497 e. The topological polar surface area (TPSA) is 96.0 Å². The number of sulfonamides is 1. The highest BCUT2D eigenvalue weighted by atomic mass is 32.2. The fourth-order valence-electron chi connectivity index (χ4n) is 3.93. The zero-order chi connectivity index (χ0) is 27.8. The van der Waals surface area contributed by atoms with Crippen molar-refractivity contribution in [2.24, 2.45) is 0 Å². The summed E-state index contributed by atoms with van der Waals surface area (Å²) in [5.74, 6) is 0.249. The van der Waals surface area contributed by atoms with Crippen LogP contribution >= 0.6 is 0 Å². The Morgan fingerprint density at radius 1 is 0.946 bits per heavy atom. The molecular weight excluding hydrogens is 490 g/mol. The number of rotatable bonds is 13. The maximum absolute atomic E-state index is 13.8. The predicted octanol–water partition coefficient (Wildman–Crippen LogP) is 4.31. The van der Waals surface area contributed by atoms with Gasteiger partial charge < -0.3 is 15.0 Å². The molecule has 37 heavy (non-hydrogen) atoms. The minimum Gasteiger partial charge on any atom is -0.497 e. The van der Waals surface area contributed by atoms with Crippen molar-refractivity contribution in [1.82, 2.24) is 10.2 Å². The van der Waals surface area contributed by atoms with Crippen molar-refractivity contribution in [1.29, 1.82) is 0 Å². The summed E-state index contributed by atoms with van der Waals surface area (Å²) in [5.41, 5.74) is 2.27. The molecule has 9 heteroatoms. The molecule has 2 atom stereocenters. The summed E-state index contributed by atoms with van der Waals surface area (Å²) in [6, 6.07) is 13.6. The summed E-state index contributed by atoms with van der Waals surface area (Å²) in [6.45, 7) is 9.57. The number of carbonyl (C=O) groups is 2. The first-order chi connectivity index (χ1) is 17.4. The van der Waals surface area contributed by atoms with Crippen molar-refractivity contribution >= 4 is 27.5 Å². The van der Waals surface area contributed by atoms with E-state index in [1.165, 1.54) is 4.90 Å². The highest BCUT2D eigenvalue weighted by Gasteiger charge is 2.32. The first-order valence-electron chi connectivity index (χ1n) is 12.7. The van der Waals surface area contributed by atoms with E-state index in [2.05, 4.69) is 19.2 Å². The maximum atomic E-state index is 13.8. The Labute approximate surface area is 222 Å². The Bertz CT molecular complexity index is 1130. The molecule has 0 aliphatic rings. The molecule has 2 amide bonds. The predicted molar refractivity (Wildman–Crippen MR) is 148 cm³/mol. The normalized spacial score (nSPS) is 13.1. The zero-order valence-electron chi connectivity index (χ0n) is 23.0. The molecular formula is C28H41N3O5S. The minimum absolute atomic E-state index is 0.0496. The van der Waals surface area contributed by atoms with E-state index in [1.807, 2.05) is 45.0 Å². The van der Waals surface area contributed by atoms with Crippen LogP contribution in [0.25, 0.3) is 0 Å². The van der Waals surface area contributed by atoms with Gasteiger partial charge in [0, 0.05) is 12.6 Å². The Kier molecular flexibility index (Phi) is 11.0. The van der Waals surface area contributed by atoms with Crippen LogP contribution < -0.4 is 14.4 Å². The first kappa shape index (κ1) is 30.2. The second kappa shape index (κ2) is 13.5. The molecule has 0 unspecified atom stereocenters. The molecule has 0 aliphatic heterocycles. The van der Waals surface area contributed by atoms with Gasteiger partial charge in [-0.2, -0.15) is 0 Å². The maximum Gasteiger partial charge on any atom is 0.244 e. The smallest absolute Gasteiger partial charge is 0.244 e. The van der Waals surface area contributed by atoms with Crippen molar-refractivity contribution in [2.45, 2.75) is 72.0 Å². The van der Waals surface area contributed by atoms with Crippen molar-refractivity contribution in [2.75, 3.05) is 24.2 Å². The van der Waals surface area contributed by atoms with E-state index in [1.54, 1.807) is 31.4 Å². The number of anilines is 1. The van der Waals surface area contributed by atoms with E-state index in [0.717, 1.165) is 28.1 Å². The molecule has 0 aromatic heterocycles. The Morgan fingerprint density at radius 3 is 2.00 bits per heavy atom. The minimum atomic E-state index is -3.77. The van der Waals surface area contributed by atoms with Gasteiger partial charge in [0.15, 0.2) is 0 Å². The van der Waals surface area contributed by atoms with Gasteiger partial charge in [0.25, 0.3) is 0 Å². The molecule has 0 heterocycles. The fourth-order valence-corrected chi connectivity index (χ4v) is 4.78. The van der Waals surface area contributed by atoms with E-state index in [0.29, 0.717) is 17.9 Å². The third-order valence-electron chi connectivity index (χ3n) is 6.43. The van der Waals surface area contributed by atoms with E-state index < -0.39 is 28.5 Å². The van der Waals surface area contributed by atoms with Crippen molar-refractivity contribution in [3.8, 4) is 5.75 Å². The average molecular weight is 532 g/mol. The van der Waals surface area contributed by atoms with Crippen LogP contribution in [0.4, 0.5) is 5.69 Å². The fraction of sp³-hybridized carbons (Fsp3) is 0.500. The van der Waals surface area contributed by atoms with Crippen LogP contribution in [-0.2, 0) is 26.2 Å². The molecule has 0 saturated heterocycles. The van der Waals surface area contributed by atoms with E-state index in [-0.39, 0.29) is 24.4 Å². The van der Waals surface area contributed by atoms with Gasteiger partial charge in [-0.1, -0.05) is 52.0 Å². The van der Waals surface area contributed by atoms with Crippen LogP contribution in [0.1, 0.15) is 64.5 Å². The number of carbonyl (C=O) groups excluding carboxylic acids is 2. The standard InChI is InChI=1S/C28H41N3O5S/c1-8-21(5)29-28(33)26(9-2)30(18-22-10-16-25(36-6)17-11-22)27(32)19-31(37(7,34)35)24-14-12-23(13-15-24)20(3)4/h10-17,20-21,26H,8-9,18-19H2,1-7H3,(H,29,33)/t21-,26-/m1/s1. The summed E-state index contributed by atoms with van der Waals surface area (Å²) < 4.78 is 31.8. The summed E-state index contributed by atoms with van der Waals surface area (Å²) in [6.07, 6.45) is 2.21. The third-order valence-corrected chi connectivity index (χ3v) is 7.57. The molecule has 0 saturated carbocycles. The van der Waals surface area contributed by atoms with Crippen molar-refractivity contribution < 1.29 is 22.7 Å². The molecule has 2 aromatic carbocycles. The van der Waals surface area contributed by atoms with Gasteiger partial charge in [-0.3, -0.25) is 13.9 Å². The zero-order valence-corrected chi connectivity index (χ0v) is 23.8. The van der Waals surface area contributed by atoms with E-state index in [4.69, 9.17) is 4.74 Å². The number of ether oxygens (including phenoxy) is 1. The number of methoxy groups -OCH3 is 1. The lowest BCUT2D eigenvalue weighted by Crippen LogP contribution is -2.53. The van der Waals surface area contributed by atoms with Crippen LogP contribution in [0, 0.1) is 0 Å². The summed E-state index contributed by atoms with van der Waals surface area (Å²) >= 11 is 0. The SMILES string of the molecule is CC[C@@H](C)NC(=O)[C@@H](CC)N(Cc1ccc(OC)cc1)C(=O)CN(c1ccc(C(C)C)cc1)S(C)(=O)=O. The quantitative estimate of drug-likeness (QED) is 0.416. The molecule has 1 N–H and O–H groups in total. The summed E-state index contributed by atoms with van der Waals surface area (Å²) in [4.78, 5) is 28.4. The van der Waals surface area contributed by atoms with Gasteiger partial charge in [-0.25, -0.2) is 8.42 Å². The van der Waals surface area contributed by atoms with E-state index in [9.17, 15) is 18.0 Å². The van der Waals surface area contributed by atoms with Gasteiger partial charge in [0.1, 0.15) is 18.3 Å². The monoisotopic (exact) mass is 531 g/mol. The number of nitrogens with zero attached hydrogens (tertiary/aromatic N) is 2. The van der Waals surface area contributed by atoms with Crippen LogP contribution in [0.5, 0.6) is 5.75 Å². The third kappa shape index (κ3) is 8.49. The molecule has 0 aliphatic carbocycles. The number of hydrogen-bond acceptors (Lipinski definition) is 5. The lowest BCUT2D eigenvalue weighted by molar-refractivity contribution is -0.140. The summed E-state index contributed by atoms with van der Waals surface area (Å²) in [5, 5.41) is 2.97. The molecule has 2 rings (SSSR count). The highest BCUT2D eigenvalue weighted by molar-refractivity contribution is 7.92. The van der Waals surface area contributed by atoms with Crippen LogP contribution in [0.2, 0.25) is 0 Å². The van der Waals surface area contributed by atoms with Crippen molar-refractivity contribution in [3.05, 3.63) is 59.7 Å². The number of nitrogens with one attached hydrogen (secondary N) is 1. The second-order valence-electron chi connectivity index (χ2n) is 9.63.